The fraction of sp³-hybridized carbons (Fsp3) is 0.111. The van der Waals surface area contributed by atoms with Gasteiger partial charge in [-0.15, -0.1) is 0 Å². The summed E-state index contributed by atoms with van der Waals surface area (Å²) < 4.78 is 7.26. The van der Waals surface area contributed by atoms with Crippen LogP contribution in [0.15, 0.2) is 30.7 Å². The Balaban J connectivity index is 2.32. The van der Waals surface area contributed by atoms with Crippen molar-refractivity contribution >= 4 is 22.9 Å². The van der Waals surface area contributed by atoms with Gasteiger partial charge in [-0.1, -0.05) is 12.2 Å². The molecule has 0 spiro atoms. The second-order valence-corrected chi connectivity index (χ2v) is 3.31. The van der Waals surface area contributed by atoms with E-state index in [9.17, 15) is 0 Å². The number of pyridine rings is 1. The maximum atomic E-state index is 5.39. The summed E-state index contributed by atoms with van der Waals surface area (Å²) in [6.07, 6.45) is 5.46. The Morgan fingerprint density at radius 1 is 1.57 bits per heavy atom. The molecule has 72 valence electrons. The Morgan fingerprint density at radius 2 is 2.43 bits per heavy atom. The van der Waals surface area contributed by atoms with E-state index < -0.39 is 0 Å². The molecule has 2 aromatic heterocycles. The minimum absolute atomic E-state index is 0.238. The number of ether oxygens (including phenoxy) is 1. The van der Waals surface area contributed by atoms with Gasteiger partial charge in [-0.25, -0.2) is 4.98 Å². The van der Waals surface area contributed by atoms with E-state index in [4.69, 9.17) is 22.7 Å². The summed E-state index contributed by atoms with van der Waals surface area (Å²) in [6, 6.07) is 3.71. The summed E-state index contributed by atoms with van der Waals surface area (Å²) in [5, 5.41) is 0. The molecular formula is C9H9N3OS. The van der Waals surface area contributed by atoms with Gasteiger partial charge in [0.2, 0.25) is 0 Å². The standard InChI is InChI=1S/C9H9N3OS/c10-8(14)6-13-7-2-1-4-12-5-3-11-9(7)12/h1-5H,6H2,(H2,10,14). The van der Waals surface area contributed by atoms with Crippen LogP contribution in [0.25, 0.3) is 5.65 Å². The first-order valence-corrected chi connectivity index (χ1v) is 4.51. The highest BCUT2D eigenvalue weighted by atomic mass is 32.1. The molecule has 0 aliphatic carbocycles. The number of nitrogens with zero attached hydrogens (tertiary/aromatic N) is 2. The Labute approximate surface area is 86.3 Å². The molecule has 5 heteroatoms. The van der Waals surface area contributed by atoms with Gasteiger partial charge in [-0.05, 0) is 12.1 Å². The number of aromatic nitrogens is 2. The maximum absolute atomic E-state index is 5.39. The Kier molecular flexibility index (Phi) is 2.32. The van der Waals surface area contributed by atoms with Crippen LogP contribution in [0, 0.1) is 0 Å². The van der Waals surface area contributed by atoms with Crippen molar-refractivity contribution in [2.24, 2.45) is 5.73 Å². The van der Waals surface area contributed by atoms with E-state index >= 15 is 0 Å². The largest absolute Gasteiger partial charge is 0.483 e. The Hall–Kier alpha value is -1.62. The lowest BCUT2D eigenvalue weighted by molar-refractivity contribution is 0.379. The Morgan fingerprint density at radius 3 is 3.21 bits per heavy atom. The zero-order valence-electron chi connectivity index (χ0n) is 7.38. The zero-order chi connectivity index (χ0) is 9.97. The quantitative estimate of drug-likeness (QED) is 0.763. The number of hydrogen-bond acceptors (Lipinski definition) is 3. The van der Waals surface area contributed by atoms with Gasteiger partial charge in [0, 0.05) is 18.6 Å². The zero-order valence-corrected chi connectivity index (χ0v) is 8.20. The molecular weight excluding hydrogens is 198 g/mol. The van der Waals surface area contributed by atoms with Gasteiger partial charge >= 0.3 is 0 Å². The third-order valence-corrected chi connectivity index (χ3v) is 1.87. The molecule has 0 amide bonds. The summed E-state index contributed by atoms with van der Waals surface area (Å²) in [7, 11) is 0. The molecule has 2 N–H and O–H groups in total. The third-order valence-electron chi connectivity index (χ3n) is 1.75. The van der Waals surface area contributed by atoms with E-state index in [-0.39, 0.29) is 6.61 Å². The number of rotatable bonds is 3. The lowest BCUT2D eigenvalue weighted by atomic mass is 10.4. The number of imidazole rings is 1. The van der Waals surface area contributed by atoms with Crippen LogP contribution in [0.5, 0.6) is 5.75 Å². The predicted octanol–water partition coefficient (Wildman–Crippen LogP) is 0.999. The van der Waals surface area contributed by atoms with Crippen molar-refractivity contribution in [1.82, 2.24) is 9.38 Å². The molecule has 0 radical (unpaired) electrons. The summed E-state index contributed by atoms with van der Waals surface area (Å²) in [5.41, 5.74) is 6.11. The molecule has 2 rings (SSSR count). The Bertz CT molecular complexity index is 466. The fourth-order valence-corrected chi connectivity index (χ4v) is 1.24. The highest BCUT2D eigenvalue weighted by Crippen LogP contribution is 2.16. The van der Waals surface area contributed by atoms with E-state index in [1.807, 2.05) is 28.9 Å². The van der Waals surface area contributed by atoms with Crippen molar-refractivity contribution in [1.29, 1.82) is 0 Å². The van der Waals surface area contributed by atoms with E-state index in [1.54, 1.807) is 6.20 Å². The molecule has 4 nitrogen and oxygen atoms in total. The molecule has 0 aliphatic rings. The average Bonchev–Trinajstić information content (AvgIpc) is 2.62. The monoisotopic (exact) mass is 207 g/mol. The van der Waals surface area contributed by atoms with Crippen LogP contribution in [-0.2, 0) is 0 Å². The van der Waals surface area contributed by atoms with E-state index in [2.05, 4.69) is 4.98 Å². The van der Waals surface area contributed by atoms with Gasteiger partial charge in [-0.2, -0.15) is 0 Å². The van der Waals surface area contributed by atoms with Crippen molar-refractivity contribution in [3.63, 3.8) is 0 Å². The third kappa shape index (κ3) is 1.67. The van der Waals surface area contributed by atoms with Gasteiger partial charge in [0.15, 0.2) is 11.4 Å². The molecule has 14 heavy (non-hydrogen) atoms. The first kappa shape index (κ1) is 8.96. The van der Waals surface area contributed by atoms with Gasteiger partial charge in [-0.3, -0.25) is 0 Å². The van der Waals surface area contributed by atoms with Crippen LogP contribution >= 0.6 is 12.2 Å². The molecule has 0 aromatic carbocycles. The SMILES string of the molecule is NC(=S)COc1cccn2ccnc12. The molecule has 2 heterocycles. The van der Waals surface area contributed by atoms with E-state index in [0.29, 0.717) is 10.7 Å². The van der Waals surface area contributed by atoms with Gasteiger partial charge < -0.3 is 14.9 Å². The number of nitrogens with two attached hydrogens (primary N) is 1. The molecule has 2 aromatic rings. The van der Waals surface area contributed by atoms with Crippen LogP contribution in [-0.4, -0.2) is 21.0 Å². The number of fused-ring (bicyclic) bond motifs is 1. The minimum Gasteiger partial charge on any atom is -0.483 e. The molecule has 0 fully saturated rings. The number of thiocarbonyl (C=S) groups is 1. The molecule has 0 aliphatic heterocycles. The first-order chi connectivity index (χ1) is 6.77. The van der Waals surface area contributed by atoms with Crippen molar-refractivity contribution < 1.29 is 4.74 Å². The van der Waals surface area contributed by atoms with Crippen LogP contribution < -0.4 is 10.5 Å². The minimum atomic E-state index is 0.238. The topological polar surface area (TPSA) is 52.5 Å². The lowest BCUT2D eigenvalue weighted by Gasteiger charge is -2.05. The van der Waals surface area contributed by atoms with Crippen LogP contribution in [0.3, 0.4) is 0 Å². The average molecular weight is 207 g/mol. The lowest BCUT2D eigenvalue weighted by Crippen LogP contribution is -2.18. The molecule has 0 atom stereocenters. The van der Waals surface area contributed by atoms with Crippen LogP contribution in [0.1, 0.15) is 0 Å². The molecule has 0 bridgehead atoms. The second-order valence-electron chi connectivity index (χ2n) is 2.79. The van der Waals surface area contributed by atoms with E-state index in [1.165, 1.54) is 0 Å². The van der Waals surface area contributed by atoms with Crippen LogP contribution in [0.4, 0.5) is 0 Å². The predicted molar refractivity (Wildman–Crippen MR) is 57.5 cm³/mol. The fourth-order valence-electron chi connectivity index (χ4n) is 1.18. The molecule has 0 unspecified atom stereocenters. The highest BCUT2D eigenvalue weighted by molar-refractivity contribution is 7.80. The van der Waals surface area contributed by atoms with Crippen molar-refractivity contribution in [2.45, 2.75) is 0 Å². The van der Waals surface area contributed by atoms with E-state index in [0.717, 1.165) is 5.65 Å². The van der Waals surface area contributed by atoms with Gasteiger partial charge in [0.1, 0.15) is 11.6 Å². The van der Waals surface area contributed by atoms with Crippen molar-refractivity contribution in [2.75, 3.05) is 6.61 Å². The van der Waals surface area contributed by atoms with Crippen molar-refractivity contribution in [3.05, 3.63) is 30.7 Å². The summed E-state index contributed by atoms with van der Waals surface area (Å²) >= 11 is 4.72. The van der Waals surface area contributed by atoms with Gasteiger partial charge in [0.25, 0.3) is 0 Å². The number of hydrogen-bond donors (Lipinski definition) is 1. The van der Waals surface area contributed by atoms with Gasteiger partial charge in [0.05, 0.1) is 0 Å². The smallest absolute Gasteiger partial charge is 0.179 e. The first-order valence-electron chi connectivity index (χ1n) is 4.10. The molecule has 0 saturated carbocycles. The normalized spacial score (nSPS) is 10.3. The van der Waals surface area contributed by atoms with Crippen molar-refractivity contribution in [3.8, 4) is 5.75 Å². The summed E-state index contributed by atoms with van der Waals surface area (Å²) in [6.45, 7) is 0.238. The maximum Gasteiger partial charge on any atom is 0.179 e. The highest BCUT2D eigenvalue weighted by Gasteiger charge is 2.02. The van der Waals surface area contributed by atoms with Crippen LogP contribution in [0.2, 0.25) is 0 Å². The summed E-state index contributed by atoms with van der Waals surface area (Å²) in [5.74, 6) is 0.685. The second kappa shape index (κ2) is 3.63. The summed E-state index contributed by atoms with van der Waals surface area (Å²) in [4.78, 5) is 4.48. The molecule has 0 saturated heterocycles.